The number of phenols is 1. The zero-order valence-corrected chi connectivity index (χ0v) is 13.4. The van der Waals surface area contributed by atoms with Gasteiger partial charge in [-0.2, -0.15) is 0 Å². The van der Waals surface area contributed by atoms with Gasteiger partial charge in [0, 0.05) is 17.0 Å². The SMILES string of the molecule is COc1cc2c(-c3ccc(C(C)C(N)=O)cc3)ncnc2cc1O. The molecule has 0 bridgehead atoms. The van der Waals surface area contributed by atoms with Gasteiger partial charge in [-0.05, 0) is 18.6 Å². The Labute approximate surface area is 138 Å². The van der Waals surface area contributed by atoms with Gasteiger partial charge < -0.3 is 15.6 Å². The number of amides is 1. The molecule has 2 aromatic carbocycles. The number of nitrogens with zero attached hydrogens (tertiary/aromatic N) is 2. The molecule has 1 aromatic heterocycles. The normalized spacial score (nSPS) is 12.1. The zero-order chi connectivity index (χ0) is 17.3. The Balaban J connectivity index is 2.10. The minimum Gasteiger partial charge on any atom is -0.504 e. The molecule has 1 amide bonds. The molecule has 6 nitrogen and oxygen atoms in total. The first kappa shape index (κ1) is 15.7. The number of primary amides is 1. The van der Waals surface area contributed by atoms with E-state index in [1.165, 1.54) is 13.4 Å². The van der Waals surface area contributed by atoms with Crippen molar-refractivity contribution in [2.45, 2.75) is 12.8 Å². The molecule has 0 spiro atoms. The van der Waals surface area contributed by atoms with Gasteiger partial charge in [-0.25, -0.2) is 9.97 Å². The van der Waals surface area contributed by atoms with Crippen LogP contribution in [0.1, 0.15) is 18.4 Å². The molecule has 0 aliphatic rings. The average molecular weight is 323 g/mol. The van der Waals surface area contributed by atoms with Crippen molar-refractivity contribution < 1.29 is 14.6 Å². The highest BCUT2D eigenvalue weighted by atomic mass is 16.5. The van der Waals surface area contributed by atoms with E-state index in [-0.39, 0.29) is 17.6 Å². The van der Waals surface area contributed by atoms with Gasteiger partial charge in [0.25, 0.3) is 0 Å². The van der Waals surface area contributed by atoms with E-state index in [2.05, 4.69) is 9.97 Å². The number of ether oxygens (including phenoxy) is 1. The summed E-state index contributed by atoms with van der Waals surface area (Å²) >= 11 is 0. The molecule has 0 radical (unpaired) electrons. The Morgan fingerprint density at radius 2 is 1.92 bits per heavy atom. The molecule has 3 aromatic rings. The lowest BCUT2D eigenvalue weighted by molar-refractivity contribution is -0.119. The molecule has 0 aliphatic heterocycles. The summed E-state index contributed by atoms with van der Waals surface area (Å²) in [6, 6.07) is 10.7. The van der Waals surface area contributed by atoms with Gasteiger partial charge in [-0.3, -0.25) is 4.79 Å². The summed E-state index contributed by atoms with van der Waals surface area (Å²) in [6.07, 6.45) is 1.45. The number of aromatic nitrogens is 2. The van der Waals surface area contributed by atoms with Gasteiger partial charge in [-0.1, -0.05) is 24.3 Å². The van der Waals surface area contributed by atoms with Crippen molar-refractivity contribution in [2.75, 3.05) is 7.11 Å². The molecule has 1 heterocycles. The zero-order valence-electron chi connectivity index (χ0n) is 13.4. The largest absolute Gasteiger partial charge is 0.504 e. The van der Waals surface area contributed by atoms with Crippen LogP contribution in [-0.4, -0.2) is 28.1 Å². The molecular weight excluding hydrogens is 306 g/mol. The number of aromatic hydroxyl groups is 1. The van der Waals surface area contributed by atoms with Gasteiger partial charge in [0.1, 0.15) is 6.33 Å². The third-order valence-corrected chi connectivity index (χ3v) is 4.05. The average Bonchev–Trinajstić information content (AvgIpc) is 2.60. The maximum absolute atomic E-state index is 11.3. The predicted molar refractivity (Wildman–Crippen MR) is 90.8 cm³/mol. The van der Waals surface area contributed by atoms with Gasteiger partial charge >= 0.3 is 0 Å². The lowest BCUT2D eigenvalue weighted by Gasteiger charge is -2.11. The summed E-state index contributed by atoms with van der Waals surface area (Å²) in [5.74, 6) is -0.327. The van der Waals surface area contributed by atoms with E-state index in [0.717, 1.165) is 22.2 Å². The number of benzene rings is 2. The highest BCUT2D eigenvalue weighted by molar-refractivity contribution is 5.94. The quantitative estimate of drug-likeness (QED) is 0.769. The summed E-state index contributed by atoms with van der Waals surface area (Å²) in [6.45, 7) is 1.77. The molecule has 0 saturated heterocycles. The molecule has 1 atom stereocenters. The van der Waals surface area contributed by atoms with Crippen LogP contribution in [0.4, 0.5) is 0 Å². The first-order valence-electron chi connectivity index (χ1n) is 7.42. The maximum Gasteiger partial charge on any atom is 0.224 e. The second-order valence-electron chi connectivity index (χ2n) is 5.51. The first-order valence-corrected chi connectivity index (χ1v) is 7.42. The highest BCUT2D eigenvalue weighted by Crippen LogP contribution is 2.34. The van der Waals surface area contributed by atoms with Gasteiger partial charge in [0.15, 0.2) is 11.5 Å². The Morgan fingerprint density at radius 1 is 1.21 bits per heavy atom. The highest BCUT2D eigenvalue weighted by Gasteiger charge is 2.14. The molecule has 3 N–H and O–H groups in total. The van der Waals surface area contributed by atoms with Crippen molar-refractivity contribution in [3.63, 3.8) is 0 Å². The number of methoxy groups -OCH3 is 1. The van der Waals surface area contributed by atoms with Gasteiger partial charge in [-0.15, -0.1) is 0 Å². The number of phenolic OH excluding ortho intramolecular Hbond substituents is 1. The van der Waals surface area contributed by atoms with Crippen molar-refractivity contribution in [1.82, 2.24) is 9.97 Å². The summed E-state index contributed by atoms with van der Waals surface area (Å²) in [4.78, 5) is 19.8. The van der Waals surface area contributed by atoms with Crippen LogP contribution in [0.2, 0.25) is 0 Å². The van der Waals surface area contributed by atoms with E-state index in [1.54, 1.807) is 19.1 Å². The van der Waals surface area contributed by atoms with Crippen molar-refractivity contribution in [3.8, 4) is 22.8 Å². The van der Waals surface area contributed by atoms with Crippen LogP contribution in [0.25, 0.3) is 22.2 Å². The summed E-state index contributed by atoms with van der Waals surface area (Å²) < 4.78 is 5.16. The van der Waals surface area contributed by atoms with E-state index in [0.29, 0.717) is 11.3 Å². The molecule has 24 heavy (non-hydrogen) atoms. The van der Waals surface area contributed by atoms with E-state index < -0.39 is 0 Å². The second kappa shape index (κ2) is 6.16. The smallest absolute Gasteiger partial charge is 0.224 e. The topological polar surface area (TPSA) is 98.3 Å². The van der Waals surface area contributed by atoms with Crippen molar-refractivity contribution >= 4 is 16.8 Å². The summed E-state index contributed by atoms with van der Waals surface area (Å²) in [5.41, 5.74) is 8.40. The number of fused-ring (bicyclic) bond motifs is 1. The van der Waals surface area contributed by atoms with Crippen LogP contribution in [0.3, 0.4) is 0 Å². The van der Waals surface area contributed by atoms with E-state index in [4.69, 9.17) is 10.5 Å². The van der Waals surface area contributed by atoms with Crippen molar-refractivity contribution in [2.24, 2.45) is 5.73 Å². The lowest BCUT2D eigenvalue weighted by Crippen LogP contribution is -2.18. The lowest BCUT2D eigenvalue weighted by atomic mass is 9.97. The fourth-order valence-electron chi connectivity index (χ4n) is 2.56. The Morgan fingerprint density at radius 3 is 2.54 bits per heavy atom. The van der Waals surface area contributed by atoms with Gasteiger partial charge in [0.05, 0.1) is 24.2 Å². The summed E-state index contributed by atoms with van der Waals surface area (Å²) in [7, 11) is 1.49. The third kappa shape index (κ3) is 2.74. The van der Waals surface area contributed by atoms with E-state index in [1.807, 2.05) is 24.3 Å². The Hall–Kier alpha value is -3.15. The molecule has 0 aliphatic carbocycles. The molecule has 0 saturated carbocycles. The molecule has 1 unspecified atom stereocenters. The number of hydrogen-bond acceptors (Lipinski definition) is 5. The summed E-state index contributed by atoms with van der Waals surface area (Å²) in [5, 5.41) is 10.7. The number of nitrogens with two attached hydrogens (primary N) is 1. The first-order chi connectivity index (χ1) is 11.5. The van der Waals surface area contributed by atoms with Crippen molar-refractivity contribution in [3.05, 3.63) is 48.3 Å². The third-order valence-electron chi connectivity index (χ3n) is 4.05. The van der Waals surface area contributed by atoms with Crippen LogP contribution in [0, 0.1) is 0 Å². The standard InChI is InChI=1S/C18H17N3O3/c1-10(18(19)23)11-3-5-12(6-4-11)17-13-7-16(24-2)15(22)8-14(13)20-9-21-17/h3-10,22H,1-2H3,(H2,19,23). The Bertz CT molecular complexity index is 907. The Kier molecular flexibility index (Phi) is 4.04. The minimum absolute atomic E-state index is 0.0280. The monoisotopic (exact) mass is 323 g/mol. The molecular formula is C18H17N3O3. The molecule has 6 heteroatoms. The predicted octanol–water partition coefficient (Wildman–Crippen LogP) is 2.60. The molecule has 122 valence electrons. The van der Waals surface area contributed by atoms with Crippen LogP contribution >= 0.6 is 0 Å². The van der Waals surface area contributed by atoms with Crippen molar-refractivity contribution in [1.29, 1.82) is 0 Å². The number of hydrogen-bond donors (Lipinski definition) is 2. The maximum atomic E-state index is 11.3. The van der Waals surface area contributed by atoms with Crippen LogP contribution in [0.5, 0.6) is 11.5 Å². The van der Waals surface area contributed by atoms with Crippen LogP contribution < -0.4 is 10.5 Å². The van der Waals surface area contributed by atoms with Gasteiger partial charge in [0.2, 0.25) is 5.91 Å². The second-order valence-corrected chi connectivity index (χ2v) is 5.51. The fraction of sp³-hybridized carbons (Fsp3) is 0.167. The molecule has 0 fully saturated rings. The van der Waals surface area contributed by atoms with E-state index in [9.17, 15) is 9.90 Å². The molecule has 3 rings (SSSR count). The number of carbonyl (C=O) groups is 1. The van der Waals surface area contributed by atoms with Crippen LogP contribution in [0.15, 0.2) is 42.7 Å². The fourth-order valence-corrected chi connectivity index (χ4v) is 2.56. The van der Waals surface area contributed by atoms with Crippen LogP contribution in [-0.2, 0) is 4.79 Å². The van der Waals surface area contributed by atoms with E-state index >= 15 is 0 Å². The minimum atomic E-state index is -0.365. The number of carbonyl (C=O) groups excluding carboxylic acids is 1. The number of rotatable bonds is 4.